The lowest BCUT2D eigenvalue weighted by Crippen LogP contribution is -2.15. The van der Waals surface area contributed by atoms with Gasteiger partial charge >= 0.3 is 0 Å². The fraction of sp³-hybridized carbons (Fsp3) is 0.0492. The molecule has 0 aliphatic heterocycles. The van der Waals surface area contributed by atoms with Crippen LogP contribution in [-0.4, -0.2) is 4.57 Å². The fourth-order valence-corrected chi connectivity index (χ4v) is 10.9. The predicted octanol–water partition coefficient (Wildman–Crippen LogP) is 16.7. The van der Waals surface area contributed by atoms with Crippen LogP contribution in [0.2, 0.25) is 0 Å². The Labute approximate surface area is 360 Å². The van der Waals surface area contributed by atoms with Crippen LogP contribution < -0.4 is 0 Å². The van der Waals surface area contributed by atoms with Gasteiger partial charge in [-0.15, -0.1) is 0 Å². The average Bonchev–Trinajstić information content (AvgIpc) is 3.77. The van der Waals surface area contributed by atoms with Crippen molar-refractivity contribution < 1.29 is 0 Å². The van der Waals surface area contributed by atoms with Gasteiger partial charge in [-0.05, 0) is 147 Å². The van der Waals surface area contributed by atoms with Crippen molar-refractivity contribution in [1.29, 1.82) is 0 Å². The number of hydrogen-bond acceptors (Lipinski definition) is 0. The number of benzene rings is 11. The van der Waals surface area contributed by atoms with E-state index in [0.717, 1.165) is 0 Å². The van der Waals surface area contributed by atoms with Crippen LogP contribution in [0.4, 0.5) is 0 Å². The first-order chi connectivity index (χ1) is 30.5. The fourth-order valence-electron chi connectivity index (χ4n) is 10.9. The minimum absolute atomic E-state index is 0.203. The quantitative estimate of drug-likeness (QED) is 0.157. The summed E-state index contributed by atoms with van der Waals surface area (Å²) in [5.41, 5.74) is 16.3. The molecule has 11 aromatic carbocycles. The molecule has 0 bridgehead atoms. The summed E-state index contributed by atoms with van der Waals surface area (Å²) >= 11 is 0. The molecule has 0 unspecified atom stereocenters. The van der Waals surface area contributed by atoms with Gasteiger partial charge in [0, 0.05) is 21.9 Å². The van der Waals surface area contributed by atoms with Crippen LogP contribution in [0.15, 0.2) is 212 Å². The molecule has 1 aliphatic rings. The zero-order valence-corrected chi connectivity index (χ0v) is 34.7. The third-order valence-electron chi connectivity index (χ3n) is 14.0. The molecule has 13 rings (SSSR count). The van der Waals surface area contributed by atoms with Crippen molar-refractivity contribution in [3.8, 4) is 50.2 Å². The maximum atomic E-state index is 2.50. The molecule has 0 atom stereocenters. The van der Waals surface area contributed by atoms with Gasteiger partial charge in [-0.1, -0.05) is 178 Å². The molecule has 0 spiro atoms. The lowest BCUT2D eigenvalue weighted by atomic mass is 9.81. The van der Waals surface area contributed by atoms with Gasteiger partial charge in [0.25, 0.3) is 0 Å². The lowest BCUT2D eigenvalue weighted by Gasteiger charge is -2.23. The number of aromatic nitrogens is 1. The Balaban J connectivity index is 0.990. The minimum atomic E-state index is -0.203. The standard InChI is InChI=1S/C61H41N/c1-61(2)57-36-43(54-33-40-15-5-8-20-49(40)50-21-9-10-22-51(50)54)25-29-52(57)53-30-28-44(37-58(53)61)62-59-31-26-41(47-23-11-16-38-13-3-6-18-45(38)47)34-55(59)56-35-42(27-32-60(56)62)48-24-12-17-39-14-4-7-19-46(39)48/h3-37H,1-2H3. The normalized spacial score (nSPS) is 13.1. The largest absolute Gasteiger partial charge is 0.309 e. The molecule has 0 saturated heterocycles. The molecule has 1 heterocycles. The van der Waals surface area contributed by atoms with Gasteiger partial charge in [0.05, 0.1) is 11.0 Å². The SMILES string of the molecule is CC1(C)c2cc(-c3cc4ccccc4c4ccccc34)ccc2-c2ccc(-n3c4ccc(-c5cccc6ccccc56)cc4c4cc(-c5cccc6ccccc56)ccc43)cc21. The van der Waals surface area contributed by atoms with E-state index >= 15 is 0 Å². The number of rotatable bonds is 4. The Hall–Kier alpha value is -7.74. The maximum Gasteiger partial charge on any atom is 0.0541 e. The monoisotopic (exact) mass is 787 g/mol. The third-order valence-corrected chi connectivity index (χ3v) is 14.0. The van der Waals surface area contributed by atoms with E-state index in [1.54, 1.807) is 0 Å². The Bertz CT molecular complexity index is 3690. The number of nitrogens with zero attached hydrogens (tertiary/aromatic N) is 1. The summed E-state index contributed by atoms with van der Waals surface area (Å²) in [4.78, 5) is 0. The first-order valence-corrected chi connectivity index (χ1v) is 21.7. The van der Waals surface area contributed by atoms with E-state index in [9.17, 15) is 0 Å². The van der Waals surface area contributed by atoms with Crippen molar-refractivity contribution in [2.45, 2.75) is 19.3 Å². The lowest BCUT2D eigenvalue weighted by molar-refractivity contribution is 0.660. The van der Waals surface area contributed by atoms with Gasteiger partial charge in [-0.25, -0.2) is 0 Å². The highest BCUT2D eigenvalue weighted by Gasteiger charge is 2.36. The van der Waals surface area contributed by atoms with Crippen molar-refractivity contribution in [2.24, 2.45) is 0 Å². The van der Waals surface area contributed by atoms with Crippen LogP contribution in [0.5, 0.6) is 0 Å². The van der Waals surface area contributed by atoms with Crippen molar-refractivity contribution in [2.75, 3.05) is 0 Å². The van der Waals surface area contributed by atoms with E-state index in [1.807, 2.05) is 0 Å². The summed E-state index contributed by atoms with van der Waals surface area (Å²) < 4.78 is 2.50. The second-order valence-corrected chi connectivity index (χ2v) is 17.7. The van der Waals surface area contributed by atoms with E-state index in [1.165, 1.54) is 126 Å². The summed E-state index contributed by atoms with van der Waals surface area (Å²) in [6.07, 6.45) is 0. The molecule has 12 aromatic rings. The van der Waals surface area contributed by atoms with E-state index in [2.05, 4.69) is 231 Å². The van der Waals surface area contributed by atoms with Crippen LogP contribution in [0.25, 0.3) is 115 Å². The van der Waals surface area contributed by atoms with Gasteiger partial charge in [0.2, 0.25) is 0 Å². The molecule has 0 N–H and O–H groups in total. The van der Waals surface area contributed by atoms with Crippen molar-refractivity contribution in [3.63, 3.8) is 0 Å². The highest BCUT2D eigenvalue weighted by Crippen LogP contribution is 2.51. The third kappa shape index (κ3) is 5.09. The van der Waals surface area contributed by atoms with Gasteiger partial charge in [0.15, 0.2) is 0 Å². The molecule has 0 radical (unpaired) electrons. The zero-order valence-electron chi connectivity index (χ0n) is 34.7. The summed E-state index contributed by atoms with van der Waals surface area (Å²) in [6, 6.07) is 79.3. The van der Waals surface area contributed by atoms with E-state index in [-0.39, 0.29) is 5.41 Å². The molecule has 1 nitrogen and oxygen atoms in total. The van der Waals surface area contributed by atoms with Crippen molar-refractivity contribution in [3.05, 3.63) is 223 Å². The molecule has 0 amide bonds. The Kier molecular flexibility index (Phi) is 7.42. The second kappa shape index (κ2) is 13.1. The second-order valence-electron chi connectivity index (χ2n) is 17.7. The first kappa shape index (κ1) is 35.1. The zero-order chi connectivity index (χ0) is 41.1. The number of fused-ring (bicyclic) bond motifs is 11. The maximum absolute atomic E-state index is 2.50. The molecule has 1 heteroatoms. The Morgan fingerprint density at radius 1 is 0.290 bits per heavy atom. The number of hydrogen-bond donors (Lipinski definition) is 0. The van der Waals surface area contributed by atoms with E-state index in [0.29, 0.717) is 0 Å². The van der Waals surface area contributed by atoms with Gasteiger partial charge in [-0.2, -0.15) is 0 Å². The molecule has 0 fully saturated rings. The van der Waals surface area contributed by atoms with E-state index < -0.39 is 0 Å². The highest BCUT2D eigenvalue weighted by molar-refractivity contribution is 6.15. The van der Waals surface area contributed by atoms with Crippen LogP contribution in [0.3, 0.4) is 0 Å². The Morgan fingerprint density at radius 2 is 0.758 bits per heavy atom. The smallest absolute Gasteiger partial charge is 0.0541 e. The summed E-state index contributed by atoms with van der Waals surface area (Å²) in [7, 11) is 0. The van der Waals surface area contributed by atoms with Crippen molar-refractivity contribution >= 4 is 64.9 Å². The van der Waals surface area contributed by atoms with Crippen LogP contribution in [0.1, 0.15) is 25.0 Å². The van der Waals surface area contributed by atoms with Crippen LogP contribution in [0, 0.1) is 0 Å². The molecule has 290 valence electrons. The van der Waals surface area contributed by atoms with E-state index in [4.69, 9.17) is 0 Å². The molecule has 1 aromatic heterocycles. The average molecular weight is 788 g/mol. The van der Waals surface area contributed by atoms with Gasteiger partial charge in [0.1, 0.15) is 0 Å². The van der Waals surface area contributed by atoms with Crippen molar-refractivity contribution in [1.82, 2.24) is 4.57 Å². The van der Waals surface area contributed by atoms with Crippen LogP contribution in [-0.2, 0) is 5.41 Å². The van der Waals surface area contributed by atoms with Gasteiger partial charge < -0.3 is 4.57 Å². The topological polar surface area (TPSA) is 4.93 Å². The Morgan fingerprint density at radius 3 is 1.39 bits per heavy atom. The summed E-state index contributed by atoms with van der Waals surface area (Å²) in [6.45, 7) is 4.81. The molecule has 0 saturated carbocycles. The summed E-state index contributed by atoms with van der Waals surface area (Å²) in [5.74, 6) is 0. The predicted molar refractivity (Wildman–Crippen MR) is 265 cm³/mol. The molecular formula is C61H41N. The minimum Gasteiger partial charge on any atom is -0.309 e. The molecule has 1 aliphatic carbocycles. The van der Waals surface area contributed by atoms with Gasteiger partial charge in [-0.3, -0.25) is 0 Å². The highest BCUT2D eigenvalue weighted by atomic mass is 15.0. The van der Waals surface area contributed by atoms with Crippen LogP contribution >= 0.6 is 0 Å². The summed E-state index contributed by atoms with van der Waals surface area (Å²) in [5, 5.41) is 12.7. The molecular weight excluding hydrogens is 747 g/mol. The molecule has 62 heavy (non-hydrogen) atoms. The first-order valence-electron chi connectivity index (χ1n) is 21.7.